The Morgan fingerprint density at radius 2 is 1.67 bits per heavy atom. The van der Waals surface area contributed by atoms with Crippen LogP contribution in [0.2, 0.25) is 5.02 Å². The van der Waals surface area contributed by atoms with E-state index in [1.165, 1.54) is 5.56 Å². The summed E-state index contributed by atoms with van der Waals surface area (Å²) in [5.74, 6) is 0.987. The van der Waals surface area contributed by atoms with Gasteiger partial charge in [-0.2, -0.15) is 5.10 Å². The molecule has 0 saturated carbocycles. The van der Waals surface area contributed by atoms with Crippen LogP contribution in [-0.2, 0) is 13.1 Å². The third-order valence-electron chi connectivity index (χ3n) is 5.73. The van der Waals surface area contributed by atoms with Crippen molar-refractivity contribution in [3.05, 3.63) is 83.3 Å². The van der Waals surface area contributed by atoms with Crippen molar-refractivity contribution in [2.75, 3.05) is 31.1 Å². The van der Waals surface area contributed by atoms with Crippen LogP contribution < -0.4 is 9.80 Å². The molecule has 0 unspecified atom stereocenters. The van der Waals surface area contributed by atoms with Gasteiger partial charge in [-0.25, -0.2) is 14.6 Å². The molecule has 0 bridgehead atoms. The van der Waals surface area contributed by atoms with Crippen LogP contribution in [0.25, 0.3) is 11.0 Å². The summed E-state index contributed by atoms with van der Waals surface area (Å²) in [5, 5.41) is 6.34. The van der Waals surface area contributed by atoms with E-state index in [0.29, 0.717) is 6.54 Å². The molecule has 1 N–H and O–H groups in total. The van der Waals surface area contributed by atoms with E-state index in [1.54, 1.807) is 11.2 Å². The van der Waals surface area contributed by atoms with E-state index in [4.69, 9.17) is 11.6 Å². The van der Waals surface area contributed by atoms with E-state index in [0.717, 1.165) is 60.2 Å². The van der Waals surface area contributed by atoms with Crippen molar-refractivity contribution in [1.82, 2.24) is 19.7 Å². The monoisotopic (exact) mass is 419 g/mol. The van der Waals surface area contributed by atoms with Crippen molar-refractivity contribution >= 4 is 28.5 Å². The molecule has 1 aliphatic heterocycles. The lowest BCUT2D eigenvalue weighted by Gasteiger charge is -2.33. The molecular formula is C23H24ClN6+. The van der Waals surface area contributed by atoms with Crippen LogP contribution in [-0.4, -0.2) is 45.9 Å². The first-order chi connectivity index (χ1) is 14.8. The average molecular weight is 420 g/mol. The van der Waals surface area contributed by atoms with E-state index >= 15 is 0 Å². The molecule has 2 aromatic heterocycles. The first kappa shape index (κ1) is 19.0. The predicted octanol–water partition coefficient (Wildman–Crippen LogP) is 2.43. The van der Waals surface area contributed by atoms with Gasteiger partial charge in [0.25, 0.3) is 0 Å². The van der Waals surface area contributed by atoms with Gasteiger partial charge in [0.1, 0.15) is 18.7 Å². The van der Waals surface area contributed by atoms with Gasteiger partial charge in [0.05, 0.1) is 44.3 Å². The van der Waals surface area contributed by atoms with Gasteiger partial charge in [0, 0.05) is 10.6 Å². The number of nitrogens with zero attached hydrogens (tertiary/aromatic N) is 5. The third kappa shape index (κ3) is 4.01. The normalized spacial score (nSPS) is 15.0. The van der Waals surface area contributed by atoms with Gasteiger partial charge < -0.3 is 9.80 Å². The van der Waals surface area contributed by atoms with E-state index in [2.05, 4.69) is 50.3 Å². The zero-order chi connectivity index (χ0) is 20.3. The summed E-state index contributed by atoms with van der Waals surface area (Å²) >= 11 is 6.00. The summed E-state index contributed by atoms with van der Waals surface area (Å²) in [6, 6.07) is 18.6. The molecule has 0 radical (unpaired) electrons. The van der Waals surface area contributed by atoms with Crippen LogP contribution in [0.15, 0.2) is 67.1 Å². The Balaban J connectivity index is 1.31. The minimum Gasteiger partial charge on any atom is -0.345 e. The Hall–Kier alpha value is -2.96. The predicted molar refractivity (Wildman–Crippen MR) is 119 cm³/mol. The first-order valence-electron chi connectivity index (χ1n) is 10.3. The number of hydrogen-bond donors (Lipinski definition) is 1. The molecule has 5 rings (SSSR count). The maximum Gasteiger partial charge on any atom is 0.163 e. The molecule has 6 nitrogen and oxygen atoms in total. The molecule has 152 valence electrons. The minimum atomic E-state index is 0.659. The number of halogens is 1. The second-order valence-electron chi connectivity index (χ2n) is 7.76. The fourth-order valence-electron chi connectivity index (χ4n) is 4.11. The first-order valence-corrected chi connectivity index (χ1v) is 10.7. The second kappa shape index (κ2) is 8.42. The molecule has 1 saturated heterocycles. The van der Waals surface area contributed by atoms with Crippen LogP contribution in [0.3, 0.4) is 0 Å². The fourth-order valence-corrected chi connectivity index (χ4v) is 4.23. The smallest absolute Gasteiger partial charge is 0.163 e. The molecule has 0 spiro atoms. The third-order valence-corrected chi connectivity index (χ3v) is 5.98. The molecular weight excluding hydrogens is 396 g/mol. The van der Waals surface area contributed by atoms with E-state index in [9.17, 15) is 0 Å². The number of quaternary nitrogens is 1. The van der Waals surface area contributed by atoms with Crippen molar-refractivity contribution < 1.29 is 4.90 Å². The van der Waals surface area contributed by atoms with Gasteiger partial charge in [-0.15, -0.1) is 0 Å². The molecule has 3 heterocycles. The Kier molecular flexibility index (Phi) is 5.34. The Labute approximate surface area is 180 Å². The van der Waals surface area contributed by atoms with Crippen LogP contribution in [0.4, 0.5) is 5.82 Å². The number of rotatable bonds is 5. The van der Waals surface area contributed by atoms with Crippen LogP contribution in [0.1, 0.15) is 11.1 Å². The molecule has 1 aliphatic rings. The highest BCUT2D eigenvalue weighted by atomic mass is 35.5. The molecule has 1 fully saturated rings. The molecule has 2 aromatic carbocycles. The Morgan fingerprint density at radius 1 is 0.900 bits per heavy atom. The molecule has 30 heavy (non-hydrogen) atoms. The largest absolute Gasteiger partial charge is 0.345 e. The van der Waals surface area contributed by atoms with E-state index in [-0.39, 0.29) is 0 Å². The zero-order valence-electron chi connectivity index (χ0n) is 16.7. The van der Waals surface area contributed by atoms with Crippen molar-refractivity contribution in [2.45, 2.75) is 13.1 Å². The lowest BCUT2D eigenvalue weighted by atomic mass is 10.2. The van der Waals surface area contributed by atoms with Gasteiger partial charge in [0.2, 0.25) is 0 Å². The van der Waals surface area contributed by atoms with Crippen molar-refractivity contribution in [3.63, 3.8) is 0 Å². The number of hydrogen-bond acceptors (Lipinski definition) is 4. The number of fused-ring (bicyclic) bond motifs is 1. The zero-order valence-corrected chi connectivity index (χ0v) is 17.5. The highest BCUT2D eigenvalue weighted by Crippen LogP contribution is 2.23. The molecule has 0 amide bonds. The number of benzene rings is 2. The second-order valence-corrected chi connectivity index (χ2v) is 8.20. The lowest BCUT2D eigenvalue weighted by Crippen LogP contribution is -3.13. The van der Waals surface area contributed by atoms with Crippen LogP contribution in [0, 0.1) is 0 Å². The molecule has 7 heteroatoms. The Morgan fingerprint density at radius 3 is 2.43 bits per heavy atom. The maximum absolute atomic E-state index is 6.00. The summed E-state index contributed by atoms with van der Waals surface area (Å²) < 4.78 is 1.93. The number of piperazine rings is 1. The minimum absolute atomic E-state index is 0.659. The van der Waals surface area contributed by atoms with Crippen LogP contribution in [0.5, 0.6) is 0 Å². The van der Waals surface area contributed by atoms with Gasteiger partial charge in [0.15, 0.2) is 5.65 Å². The maximum atomic E-state index is 6.00. The quantitative estimate of drug-likeness (QED) is 0.540. The Bertz CT molecular complexity index is 1120. The van der Waals surface area contributed by atoms with E-state index in [1.807, 2.05) is 35.1 Å². The van der Waals surface area contributed by atoms with Gasteiger partial charge in [-0.05, 0) is 17.7 Å². The van der Waals surface area contributed by atoms with E-state index < -0.39 is 0 Å². The number of anilines is 1. The standard InChI is InChI=1S/C23H23ClN6/c24-20-8-6-19(7-9-20)16-30-23-21(14-27-30)22(25-17-26-23)29-12-10-28(11-13-29)15-18-4-2-1-3-5-18/h1-9,14,17H,10-13,15-16H2/p+1. The summed E-state index contributed by atoms with van der Waals surface area (Å²) in [7, 11) is 0. The summed E-state index contributed by atoms with van der Waals surface area (Å²) in [5.41, 5.74) is 3.41. The lowest BCUT2D eigenvalue weighted by molar-refractivity contribution is -0.914. The average Bonchev–Trinajstić information content (AvgIpc) is 3.20. The molecule has 0 aliphatic carbocycles. The topological polar surface area (TPSA) is 51.3 Å². The van der Waals surface area contributed by atoms with Gasteiger partial charge >= 0.3 is 0 Å². The van der Waals surface area contributed by atoms with Crippen molar-refractivity contribution in [2.24, 2.45) is 0 Å². The number of nitrogens with one attached hydrogen (secondary N) is 1. The van der Waals surface area contributed by atoms with Crippen molar-refractivity contribution in [3.8, 4) is 0 Å². The molecule has 4 aromatic rings. The highest BCUT2D eigenvalue weighted by molar-refractivity contribution is 6.30. The van der Waals surface area contributed by atoms with Crippen molar-refractivity contribution in [1.29, 1.82) is 0 Å². The highest BCUT2D eigenvalue weighted by Gasteiger charge is 2.23. The summed E-state index contributed by atoms with van der Waals surface area (Å²) in [6.45, 7) is 5.89. The van der Waals surface area contributed by atoms with Crippen LogP contribution >= 0.6 is 11.6 Å². The van der Waals surface area contributed by atoms with Gasteiger partial charge in [-0.3, -0.25) is 0 Å². The SMILES string of the molecule is Clc1ccc(Cn2ncc3c(N4CC[NH+](Cc5ccccc5)CC4)ncnc32)cc1. The fraction of sp³-hybridized carbons (Fsp3) is 0.261. The summed E-state index contributed by atoms with van der Waals surface area (Å²) in [6.07, 6.45) is 3.55. The van der Waals surface area contributed by atoms with Gasteiger partial charge in [-0.1, -0.05) is 54.1 Å². The number of aromatic nitrogens is 4. The summed E-state index contributed by atoms with van der Waals surface area (Å²) in [4.78, 5) is 13.1. The molecule has 0 atom stereocenters.